The van der Waals surface area contributed by atoms with E-state index in [0.717, 1.165) is 0 Å². The molecule has 0 rings (SSSR count). The maximum Gasteiger partial charge on any atom is 0.144 e. The zero-order valence-corrected chi connectivity index (χ0v) is 11.7. The second kappa shape index (κ2) is 5.01. The van der Waals surface area contributed by atoms with Crippen LogP contribution in [-0.4, -0.2) is 23.6 Å². The van der Waals surface area contributed by atoms with Crippen LogP contribution in [0.5, 0.6) is 0 Å². The fourth-order valence-electron chi connectivity index (χ4n) is 0.481. The molecule has 0 aromatic carbocycles. The molecule has 0 spiro atoms. The lowest BCUT2D eigenvalue weighted by atomic mass is 10.3. The summed E-state index contributed by atoms with van der Waals surface area (Å²) in [6.45, 7) is 12.2. The number of hydrogen-bond acceptors (Lipinski definition) is 2. The molecule has 2 nitrogen and oxygen atoms in total. The predicted octanol–water partition coefficient (Wildman–Crippen LogP) is 2.40. The molecule has 14 heavy (non-hydrogen) atoms. The molecule has 0 heterocycles. The Morgan fingerprint density at radius 1 is 1.29 bits per heavy atom. The van der Waals surface area contributed by atoms with Gasteiger partial charge in [-0.25, -0.2) is 0 Å². The van der Waals surface area contributed by atoms with E-state index >= 15 is 0 Å². The third-order valence-electron chi connectivity index (χ3n) is 1.18. The maximum absolute atomic E-state index is 11.4. The molecule has 0 saturated carbocycles. The van der Waals surface area contributed by atoms with Gasteiger partial charge in [-0.2, -0.15) is 0 Å². The third-order valence-corrected chi connectivity index (χ3v) is 3.42. The van der Waals surface area contributed by atoms with Crippen molar-refractivity contribution in [2.45, 2.75) is 45.2 Å². The molecule has 4 heteroatoms. The molecule has 0 aliphatic heterocycles. The summed E-state index contributed by atoms with van der Waals surface area (Å²) in [5.74, 6) is 2.86. The van der Waals surface area contributed by atoms with Crippen molar-refractivity contribution >= 4 is 25.7 Å². The van der Waals surface area contributed by atoms with Crippen molar-refractivity contribution in [3.8, 4) is 11.5 Å². The van der Waals surface area contributed by atoms with E-state index in [-0.39, 0.29) is 4.75 Å². The number of hydrogen-bond donors (Lipinski definition) is 0. The molecule has 0 N–H and O–H groups in total. The van der Waals surface area contributed by atoms with Gasteiger partial charge < -0.3 is 4.55 Å². The molecule has 0 saturated heterocycles. The maximum atomic E-state index is 11.4. The highest BCUT2D eigenvalue weighted by Gasteiger charge is 2.25. The van der Waals surface area contributed by atoms with Crippen LogP contribution in [0.15, 0.2) is 4.40 Å². The second-order valence-corrected chi connectivity index (χ2v) is 11.8. The summed E-state index contributed by atoms with van der Waals surface area (Å²) in [5.41, 5.74) is 3.13. The molecule has 0 aliphatic rings. The van der Waals surface area contributed by atoms with Crippen LogP contribution in [0, 0.1) is 11.5 Å². The van der Waals surface area contributed by atoms with Crippen molar-refractivity contribution in [1.29, 1.82) is 0 Å². The van der Waals surface area contributed by atoms with Crippen molar-refractivity contribution in [2.24, 2.45) is 4.40 Å². The smallest absolute Gasteiger partial charge is 0.144 e. The van der Waals surface area contributed by atoms with Gasteiger partial charge in [0.2, 0.25) is 0 Å². The van der Waals surface area contributed by atoms with E-state index in [1.807, 2.05) is 20.8 Å². The van der Waals surface area contributed by atoms with Crippen LogP contribution in [0.3, 0.4) is 0 Å². The van der Waals surface area contributed by atoms with Crippen molar-refractivity contribution in [1.82, 2.24) is 0 Å². The van der Waals surface area contributed by atoms with E-state index in [2.05, 4.69) is 35.5 Å². The Balaban J connectivity index is 4.26. The molecule has 1 unspecified atom stereocenters. The molecule has 0 bridgehead atoms. The zero-order chi connectivity index (χ0) is 11.4. The quantitative estimate of drug-likeness (QED) is 0.294. The standard InChI is InChI=1S/C10H19NOSSi/c1-10(2,3)13(12)11-8-7-9-14(4,5)6/h8H,1-6H3. The van der Waals surface area contributed by atoms with Crippen LogP contribution in [0.4, 0.5) is 0 Å². The molecule has 0 radical (unpaired) electrons. The topological polar surface area (TPSA) is 35.4 Å². The summed E-state index contributed by atoms with van der Waals surface area (Å²) < 4.78 is 15.0. The van der Waals surface area contributed by atoms with Crippen molar-refractivity contribution in [2.75, 3.05) is 0 Å². The van der Waals surface area contributed by atoms with E-state index in [1.54, 1.807) is 0 Å². The van der Waals surface area contributed by atoms with Gasteiger partial charge >= 0.3 is 0 Å². The van der Waals surface area contributed by atoms with Crippen LogP contribution in [0.25, 0.3) is 0 Å². The average Bonchev–Trinajstić information content (AvgIpc) is 1.93. The summed E-state index contributed by atoms with van der Waals surface area (Å²) in [4.78, 5) is 0. The molecule has 1 atom stereocenters. The number of rotatable bonds is 1. The van der Waals surface area contributed by atoms with Crippen molar-refractivity contribution in [3.05, 3.63) is 0 Å². The lowest BCUT2D eigenvalue weighted by molar-refractivity contribution is 0.562. The first kappa shape index (κ1) is 13.8. The minimum absolute atomic E-state index is 0.294. The molecule has 80 valence electrons. The van der Waals surface area contributed by atoms with E-state index in [0.29, 0.717) is 0 Å². The summed E-state index contributed by atoms with van der Waals surface area (Å²) in [6, 6.07) is 0. The highest BCUT2D eigenvalue weighted by Crippen LogP contribution is 2.15. The molecular weight excluding hydrogens is 210 g/mol. The fraction of sp³-hybridized carbons (Fsp3) is 0.700. The van der Waals surface area contributed by atoms with Gasteiger partial charge in [0.1, 0.15) is 30.4 Å². The van der Waals surface area contributed by atoms with Gasteiger partial charge in [-0.05, 0) is 20.8 Å². The largest absolute Gasteiger partial charge is 0.591 e. The normalized spacial score (nSPS) is 15.1. The Kier molecular flexibility index (Phi) is 4.92. The van der Waals surface area contributed by atoms with Gasteiger partial charge in [-0.3, -0.25) is 0 Å². The molecule has 0 aromatic heterocycles. The van der Waals surface area contributed by atoms with Crippen molar-refractivity contribution in [3.63, 3.8) is 0 Å². The van der Waals surface area contributed by atoms with Crippen LogP contribution in [0.2, 0.25) is 19.6 Å². The Morgan fingerprint density at radius 3 is 2.14 bits per heavy atom. The SMILES string of the molecule is CC(C)(C)[S+]([O-])N=CC#C[Si](C)(C)C. The molecule has 0 aliphatic carbocycles. The van der Waals surface area contributed by atoms with Crippen LogP contribution in [0.1, 0.15) is 20.8 Å². The fourth-order valence-corrected chi connectivity index (χ4v) is 1.44. The highest BCUT2D eigenvalue weighted by molar-refractivity contribution is 7.91. The second-order valence-electron chi connectivity index (χ2n) is 5.12. The summed E-state index contributed by atoms with van der Waals surface area (Å²) in [7, 11) is -1.33. The summed E-state index contributed by atoms with van der Waals surface area (Å²) in [5, 5.41) is 0. The van der Waals surface area contributed by atoms with Crippen LogP contribution < -0.4 is 0 Å². The Bertz CT molecular complexity index is 265. The van der Waals surface area contributed by atoms with Gasteiger partial charge in [-0.1, -0.05) is 30.0 Å². The molecular formula is C10H19NOSSi. The van der Waals surface area contributed by atoms with Crippen LogP contribution >= 0.6 is 0 Å². The Hall–Kier alpha value is -0.243. The number of nitrogens with zero attached hydrogens (tertiary/aromatic N) is 1. The van der Waals surface area contributed by atoms with Gasteiger partial charge in [0.15, 0.2) is 0 Å². The van der Waals surface area contributed by atoms with Gasteiger partial charge in [0, 0.05) is 0 Å². The minimum atomic E-state index is -1.33. The third kappa shape index (κ3) is 7.19. The summed E-state index contributed by atoms with van der Waals surface area (Å²) >= 11 is -1.18. The molecule has 0 aromatic rings. The van der Waals surface area contributed by atoms with E-state index in [4.69, 9.17) is 0 Å². The predicted molar refractivity (Wildman–Crippen MR) is 67.5 cm³/mol. The summed E-state index contributed by atoms with van der Waals surface area (Å²) in [6.07, 6.45) is 1.47. The monoisotopic (exact) mass is 229 g/mol. The molecule has 0 amide bonds. The van der Waals surface area contributed by atoms with E-state index < -0.39 is 19.4 Å². The molecule has 0 fully saturated rings. The first-order chi connectivity index (χ1) is 6.13. The Morgan fingerprint density at radius 2 is 1.79 bits per heavy atom. The van der Waals surface area contributed by atoms with Gasteiger partial charge in [-0.15, -0.1) is 5.54 Å². The minimum Gasteiger partial charge on any atom is -0.591 e. The highest BCUT2D eigenvalue weighted by atomic mass is 32.2. The first-order valence-corrected chi connectivity index (χ1v) is 9.21. The first-order valence-electron chi connectivity index (χ1n) is 4.60. The van der Waals surface area contributed by atoms with Crippen LogP contribution in [-0.2, 0) is 11.4 Å². The van der Waals surface area contributed by atoms with Gasteiger partial charge in [0.05, 0.1) is 0 Å². The van der Waals surface area contributed by atoms with Gasteiger partial charge in [0.25, 0.3) is 0 Å². The van der Waals surface area contributed by atoms with E-state index in [9.17, 15) is 4.55 Å². The Labute approximate surface area is 91.5 Å². The lowest BCUT2D eigenvalue weighted by Gasteiger charge is -2.17. The lowest BCUT2D eigenvalue weighted by Crippen LogP contribution is -2.25. The van der Waals surface area contributed by atoms with E-state index in [1.165, 1.54) is 6.21 Å². The zero-order valence-electron chi connectivity index (χ0n) is 9.84. The van der Waals surface area contributed by atoms with Crippen molar-refractivity contribution < 1.29 is 4.55 Å². The average molecular weight is 229 g/mol.